The first-order valence-corrected chi connectivity index (χ1v) is 15.5. The second-order valence-electron chi connectivity index (χ2n) is 12.0. The fourth-order valence-electron chi connectivity index (χ4n) is 6.75. The molecule has 1 aliphatic heterocycles. The van der Waals surface area contributed by atoms with Crippen LogP contribution < -0.4 is 10.6 Å². The molecule has 4 rings (SSSR count). The van der Waals surface area contributed by atoms with Crippen LogP contribution in [0.25, 0.3) is 0 Å². The number of hydrogen-bond acceptors (Lipinski definition) is 4. The number of nitrogens with one attached hydrogen (secondary N) is 2. The SMILES string of the molecule is O=C(CC[C@@H](NC(=O)c1cc(Cl)cc(Cl)c1)C(=O)N1CCC2(CCCC2)CC1)N[C@H](CC1CCCCC1)C(=O)O. The third kappa shape index (κ3) is 8.35. The fourth-order valence-corrected chi connectivity index (χ4v) is 7.28. The van der Waals surface area contributed by atoms with E-state index >= 15 is 0 Å². The lowest BCUT2D eigenvalue weighted by atomic mass is 9.77. The van der Waals surface area contributed by atoms with Crippen LogP contribution in [0.2, 0.25) is 10.0 Å². The lowest BCUT2D eigenvalue weighted by Gasteiger charge is -2.40. The predicted octanol–water partition coefficient (Wildman–Crippen LogP) is 5.59. The Morgan fingerprint density at radius 1 is 0.875 bits per heavy atom. The molecule has 1 aromatic carbocycles. The van der Waals surface area contributed by atoms with Gasteiger partial charge < -0.3 is 20.6 Å². The summed E-state index contributed by atoms with van der Waals surface area (Å²) in [4.78, 5) is 53.3. The lowest BCUT2D eigenvalue weighted by Crippen LogP contribution is -2.52. The quantitative estimate of drug-likeness (QED) is 0.327. The van der Waals surface area contributed by atoms with Crippen molar-refractivity contribution in [2.45, 2.75) is 102 Å². The van der Waals surface area contributed by atoms with E-state index < -0.39 is 29.9 Å². The van der Waals surface area contributed by atoms with Crippen LogP contribution in [0.1, 0.15) is 100 Å². The number of hydrogen-bond donors (Lipinski definition) is 3. The molecule has 1 aromatic rings. The summed E-state index contributed by atoms with van der Waals surface area (Å²) in [6, 6.07) is 2.58. The molecule has 3 aliphatic rings. The molecule has 3 fully saturated rings. The first-order chi connectivity index (χ1) is 19.1. The first-order valence-electron chi connectivity index (χ1n) is 14.7. The highest BCUT2D eigenvalue weighted by Crippen LogP contribution is 2.46. The van der Waals surface area contributed by atoms with Crippen molar-refractivity contribution < 1.29 is 24.3 Å². The number of carbonyl (C=O) groups is 4. The van der Waals surface area contributed by atoms with E-state index in [1.807, 2.05) is 0 Å². The molecular weight excluding hydrogens is 553 g/mol. The number of carboxylic acid groups (broad SMARTS) is 1. The minimum absolute atomic E-state index is 0.0577. The van der Waals surface area contributed by atoms with Gasteiger partial charge in [-0.1, -0.05) is 68.1 Å². The molecule has 1 saturated heterocycles. The smallest absolute Gasteiger partial charge is 0.326 e. The summed E-state index contributed by atoms with van der Waals surface area (Å²) in [6.07, 6.45) is 12.5. The molecule has 0 unspecified atom stereocenters. The Morgan fingerprint density at radius 2 is 1.50 bits per heavy atom. The van der Waals surface area contributed by atoms with Crippen molar-refractivity contribution in [3.8, 4) is 0 Å². The summed E-state index contributed by atoms with van der Waals surface area (Å²) in [7, 11) is 0. The first kappa shape index (κ1) is 30.6. The summed E-state index contributed by atoms with van der Waals surface area (Å²) in [5.41, 5.74) is 0.554. The van der Waals surface area contributed by atoms with Gasteiger partial charge in [0, 0.05) is 35.1 Å². The van der Waals surface area contributed by atoms with E-state index in [2.05, 4.69) is 10.6 Å². The molecule has 2 aliphatic carbocycles. The molecule has 0 bridgehead atoms. The minimum Gasteiger partial charge on any atom is -0.480 e. The van der Waals surface area contributed by atoms with Gasteiger partial charge in [-0.15, -0.1) is 0 Å². The van der Waals surface area contributed by atoms with Crippen molar-refractivity contribution in [2.75, 3.05) is 13.1 Å². The van der Waals surface area contributed by atoms with Gasteiger partial charge in [-0.05, 0) is 68.1 Å². The molecule has 2 atom stereocenters. The topological polar surface area (TPSA) is 116 Å². The highest BCUT2D eigenvalue weighted by atomic mass is 35.5. The van der Waals surface area contributed by atoms with Gasteiger partial charge in [-0.2, -0.15) is 0 Å². The predicted molar refractivity (Wildman–Crippen MR) is 154 cm³/mol. The maximum atomic E-state index is 13.6. The molecule has 0 radical (unpaired) electrons. The Balaban J connectivity index is 1.40. The number of piperidine rings is 1. The van der Waals surface area contributed by atoms with Gasteiger partial charge in [0.1, 0.15) is 12.1 Å². The van der Waals surface area contributed by atoms with Crippen molar-refractivity contribution in [3.05, 3.63) is 33.8 Å². The number of carbonyl (C=O) groups excluding carboxylic acids is 3. The van der Waals surface area contributed by atoms with Gasteiger partial charge in [0.25, 0.3) is 5.91 Å². The number of carboxylic acids is 1. The number of aliphatic carboxylic acids is 1. The number of amides is 3. The van der Waals surface area contributed by atoms with Gasteiger partial charge >= 0.3 is 5.97 Å². The number of nitrogens with zero attached hydrogens (tertiary/aromatic N) is 1. The molecule has 8 nitrogen and oxygen atoms in total. The number of rotatable bonds is 10. The lowest BCUT2D eigenvalue weighted by molar-refractivity contribution is -0.142. The van der Waals surface area contributed by atoms with Crippen molar-refractivity contribution in [1.82, 2.24) is 15.5 Å². The van der Waals surface area contributed by atoms with E-state index in [0.717, 1.165) is 38.5 Å². The molecule has 220 valence electrons. The molecule has 3 amide bonds. The van der Waals surface area contributed by atoms with Crippen molar-refractivity contribution in [2.24, 2.45) is 11.3 Å². The van der Waals surface area contributed by atoms with E-state index in [4.69, 9.17) is 23.2 Å². The van der Waals surface area contributed by atoms with E-state index in [1.54, 1.807) is 4.90 Å². The summed E-state index contributed by atoms with van der Waals surface area (Å²) in [6.45, 7) is 1.26. The molecule has 1 spiro atoms. The van der Waals surface area contributed by atoms with Crippen LogP contribution in [-0.2, 0) is 14.4 Å². The Morgan fingerprint density at radius 3 is 2.10 bits per heavy atom. The molecule has 10 heteroatoms. The fraction of sp³-hybridized carbons (Fsp3) is 0.667. The van der Waals surface area contributed by atoms with E-state index in [0.29, 0.717) is 35.0 Å². The van der Waals surface area contributed by atoms with Crippen molar-refractivity contribution in [3.63, 3.8) is 0 Å². The average Bonchev–Trinajstić information content (AvgIpc) is 3.38. The largest absolute Gasteiger partial charge is 0.480 e. The zero-order valence-electron chi connectivity index (χ0n) is 23.1. The monoisotopic (exact) mass is 593 g/mol. The molecular formula is C30H41Cl2N3O5. The van der Waals surface area contributed by atoms with Crippen molar-refractivity contribution >= 4 is 46.9 Å². The van der Waals surface area contributed by atoms with Crippen LogP contribution in [0.4, 0.5) is 0 Å². The maximum Gasteiger partial charge on any atom is 0.326 e. The Labute approximate surface area is 246 Å². The summed E-state index contributed by atoms with van der Waals surface area (Å²) in [5, 5.41) is 15.8. The van der Waals surface area contributed by atoms with E-state index in [1.165, 1.54) is 50.3 Å². The third-order valence-electron chi connectivity index (χ3n) is 9.12. The second-order valence-corrected chi connectivity index (χ2v) is 12.8. The minimum atomic E-state index is -1.05. The van der Waals surface area contributed by atoms with Gasteiger partial charge in [0.05, 0.1) is 0 Å². The molecule has 3 N–H and O–H groups in total. The van der Waals surface area contributed by atoms with Crippen LogP contribution in [0.3, 0.4) is 0 Å². The number of likely N-dealkylation sites (tertiary alicyclic amines) is 1. The van der Waals surface area contributed by atoms with Gasteiger partial charge in [-0.25, -0.2) is 4.79 Å². The van der Waals surface area contributed by atoms with Gasteiger partial charge in [0.2, 0.25) is 11.8 Å². The Bertz CT molecular complexity index is 1050. The highest BCUT2D eigenvalue weighted by molar-refractivity contribution is 6.35. The molecule has 1 heterocycles. The van der Waals surface area contributed by atoms with Gasteiger partial charge in [0.15, 0.2) is 0 Å². The average molecular weight is 595 g/mol. The zero-order valence-corrected chi connectivity index (χ0v) is 24.6. The van der Waals surface area contributed by atoms with Crippen LogP contribution in [0.15, 0.2) is 18.2 Å². The Hall–Kier alpha value is -2.32. The number of benzene rings is 1. The van der Waals surface area contributed by atoms with Crippen LogP contribution in [0.5, 0.6) is 0 Å². The third-order valence-corrected chi connectivity index (χ3v) is 9.55. The summed E-state index contributed by atoms with van der Waals surface area (Å²) in [5.74, 6) is -1.93. The molecule has 2 saturated carbocycles. The van der Waals surface area contributed by atoms with Crippen LogP contribution >= 0.6 is 23.2 Å². The Kier molecular flexibility index (Phi) is 10.7. The van der Waals surface area contributed by atoms with Crippen molar-refractivity contribution in [1.29, 1.82) is 0 Å². The normalized spacial score (nSPS) is 20.6. The second kappa shape index (κ2) is 14.0. The molecule has 0 aromatic heterocycles. The van der Waals surface area contributed by atoms with Crippen LogP contribution in [-0.4, -0.2) is 58.9 Å². The highest BCUT2D eigenvalue weighted by Gasteiger charge is 2.39. The van der Waals surface area contributed by atoms with Gasteiger partial charge in [-0.3, -0.25) is 14.4 Å². The zero-order chi connectivity index (χ0) is 28.7. The summed E-state index contributed by atoms with van der Waals surface area (Å²) < 4.78 is 0. The van der Waals surface area contributed by atoms with Crippen LogP contribution in [0, 0.1) is 11.3 Å². The van der Waals surface area contributed by atoms with E-state index in [-0.39, 0.29) is 30.2 Å². The number of halogens is 2. The maximum absolute atomic E-state index is 13.6. The molecule has 40 heavy (non-hydrogen) atoms. The summed E-state index contributed by atoms with van der Waals surface area (Å²) >= 11 is 12.2. The standard InChI is InChI=1S/C30H41Cl2N3O5/c31-22-17-21(18-23(32)19-22)27(37)34-24(28(38)35-14-12-30(13-15-35)10-4-5-11-30)8-9-26(36)33-25(29(39)40)16-20-6-2-1-3-7-20/h17-20,24-25H,1-16H2,(H,33,36)(H,34,37)(H,39,40)/t24-,25-/m1/s1. The van der Waals surface area contributed by atoms with E-state index in [9.17, 15) is 24.3 Å².